The van der Waals surface area contributed by atoms with Crippen LogP contribution in [0.2, 0.25) is 0 Å². The van der Waals surface area contributed by atoms with Crippen molar-refractivity contribution in [1.29, 1.82) is 0 Å². The maximum Gasteiger partial charge on any atom is 0.272 e. The third-order valence-corrected chi connectivity index (χ3v) is 3.43. The van der Waals surface area contributed by atoms with Crippen LogP contribution in [0.4, 0.5) is 0 Å². The Labute approximate surface area is 127 Å². The minimum Gasteiger partial charge on any atom is -0.332 e. The Morgan fingerprint density at radius 2 is 2.05 bits per heavy atom. The first-order valence-electron chi connectivity index (χ1n) is 6.51. The fraction of sp³-hybridized carbons (Fsp3) is 0.333. The highest BCUT2D eigenvalue weighted by Crippen LogP contribution is 2.11. The maximum atomic E-state index is 12.6. The van der Waals surface area contributed by atoms with Gasteiger partial charge in [0.2, 0.25) is 0 Å². The monoisotopic (exact) mass is 335 g/mol. The minimum absolute atomic E-state index is 0.0106. The molecule has 0 aliphatic heterocycles. The average molecular weight is 336 g/mol. The van der Waals surface area contributed by atoms with Crippen LogP contribution in [0.15, 0.2) is 36.4 Å². The average Bonchev–Trinajstić information content (AvgIpc) is 2.77. The van der Waals surface area contributed by atoms with E-state index in [4.69, 9.17) is 0 Å². The number of hydrogen-bond acceptors (Lipinski definition) is 2. The molecular weight excluding hydrogens is 318 g/mol. The van der Waals surface area contributed by atoms with Gasteiger partial charge in [0.15, 0.2) is 0 Å². The topological polar surface area (TPSA) is 38.1 Å². The van der Waals surface area contributed by atoms with E-state index in [9.17, 15) is 4.79 Å². The molecule has 20 heavy (non-hydrogen) atoms. The molecular formula is C15H18BrN3O. The number of aryl methyl sites for hydroxylation is 2. The molecule has 0 saturated carbocycles. The van der Waals surface area contributed by atoms with Crippen LogP contribution in [0.25, 0.3) is 0 Å². The number of nitrogens with zero attached hydrogens (tertiary/aromatic N) is 3. The van der Waals surface area contributed by atoms with E-state index in [-0.39, 0.29) is 5.91 Å². The number of carbonyl (C=O) groups excluding carboxylic acids is 1. The number of carbonyl (C=O) groups is 1. The molecule has 0 atom stereocenters. The zero-order chi connectivity index (χ0) is 14.5. The lowest BCUT2D eigenvalue weighted by Crippen LogP contribution is -2.33. The molecule has 2 aromatic rings. The lowest BCUT2D eigenvalue weighted by atomic mass is 10.2. The normalized spacial score (nSPS) is 10.6. The zero-order valence-electron chi connectivity index (χ0n) is 11.7. The zero-order valence-corrected chi connectivity index (χ0v) is 13.3. The van der Waals surface area contributed by atoms with E-state index in [1.54, 1.807) is 11.7 Å². The molecule has 0 bridgehead atoms. The van der Waals surface area contributed by atoms with Gasteiger partial charge in [-0.25, -0.2) is 0 Å². The Morgan fingerprint density at radius 1 is 1.35 bits per heavy atom. The first kappa shape index (κ1) is 14.8. The van der Waals surface area contributed by atoms with Crippen molar-refractivity contribution in [2.75, 3.05) is 11.9 Å². The number of alkyl halides is 1. The maximum absolute atomic E-state index is 12.6. The first-order valence-corrected chi connectivity index (χ1v) is 7.63. The van der Waals surface area contributed by atoms with Gasteiger partial charge in [0.25, 0.3) is 5.91 Å². The van der Waals surface area contributed by atoms with Gasteiger partial charge in [0, 0.05) is 25.5 Å². The van der Waals surface area contributed by atoms with E-state index >= 15 is 0 Å². The van der Waals surface area contributed by atoms with E-state index in [1.165, 1.54) is 0 Å². The van der Waals surface area contributed by atoms with Gasteiger partial charge >= 0.3 is 0 Å². The quantitative estimate of drug-likeness (QED) is 0.788. The van der Waals surface area contributed by atoms with E-state index in [1.807, 2.05) is 48.2 Å². The number of aromatic nitrogens is 2. The van der Waals surface area contributed by atoms with E-state index in [2.05, 4.69) is 21.0 Å². The number of benzene rings is 1. The summed E-state index contributed by atoms with van der Waals surface area (Å²) in [5, 5.41) is 4.99. The molecule has 0 spiro atoms. The summed E-state index contributed by atoms with van der Waals surface area (Å²) in [6.07, 6.45) is 0. The molecule has 0 aliphatic carbocycles. The van der Waals surface area contributed by atoms with Gasteiger partial charge in [-0.3, -0.25) is 9.48 Å². The molecule has 1 amide bonds. The number of halogens is 1. The van der Waals surface area contributed by atoms with Crippen LogP contribution < -0.4 is 0 Å². The van der Waals surface area contributed by atoms with Crippen molar-refractivity contribution in [2.24, 2.45) is 7.05 Å². The van der Waals surface area contributed by atoms with Crippen molar-refractivity contribution >= 4 is 21.8 Å². The highest BCUT2D eigenvalue weighted by molar-refractivity contribution is 9.09. The van der Waals surface area contributed by atoms with Crippen molar-refractivity contribution in [1.82, 2.24) is 14.7 Å². The van der Waals surface area contributed by atoms with Crippen LogP contribution in [-0.4, -0.2) is 32.5 Å². The Bertz CT molecular complexity index is 580. The second kappa shape index (κ2) is 6.70. The molecule has 1 heterocycles. The molecule has 1 aromatic carbocycles. The molecule has 0 N–H and O–H groups in total. The number of amides is 1. The van der Waals surface area contributed by atoms with Crippen molar-refractivity contribution in [3.8, 4) is 0 Å². The lowest BCUT2D eigenvalue weighted by Gasteiger charge is -2.21. The summed E-state index contributed by atoms with van der Waals surface area (Å²) < 4.78 is 1.64. The Balaban J connectivity index is 2.20. The van der Waals surface area contributed by atoms with Gasteiger partial charge < -0.3 is 4.90 Å². The molecule has 4 nitrogen and oxygen atoms in total. The Kier molecular flexibility index (Phi) is 4.95. The minimum atomic E-state index is 0.0106. The molecule has 0 aliphatic rings. The molecule has 106 valence electrons. The van der Waals surface area contributed by atoms with Gasteiger partial charge in [-0.1, -0.05) is 46.3 Å². The van der Waals surface area contributed by atoms with Crippen LogP contribution in [0.3, 0.4) is 0 Å². The molecule has 0 unspecified atom stereocenters. The van der Waals surface area contributed by atoms with Gasteiger partial charge in [-0.05, 0) is 18.6 Å². The molecule has 0 saturated heterocycles. The van der Waals surface area contributed by atoms with Crippen molar-refractivity contribution in [2.45, 2.75) is 13.5 Å². The second-order valence-corrected chi connectivity index (χ2v) is 5.49. The summed E-state index contributed by atoms with van der Waals surface area (Å²) in [6.45, 7) is 3.16. The summed E-state index contributed by atoms with van der Waals surface area (Å²) in [5.74, 6) is 0.0106. The summed E-state index contributed by atoms with van der Waals surface area (Å²) in [7, 11) is 1.80. The standard InChI is InChI=1S/C15H18BrN3O/c1-12-10-14(18(2)17-12)15(20)19(9-8-16)11-13-6-4-3-5-7-13/h3-7,10H,8-9,11H2,1-2H3. The fourth-order valence-electron chi connectivity index (χ4n) is 2.13. The van der Waals surface area contributed by atoms with Crippen LogP contribution >= 0.6 is 15.9 Å². The molecule has 0 radical (unpaired) electrons. The molecule has 2 rings (SSSR count). The SMILES string of the molecule is Cc1cc(C(=O)N(CCBr)Cc2ccccc2)n(C)n1. The third kappa shape index (κ3) is 3.48. The van der Waals surface area contributed by atoms with Gasteiger partial charge in [-0.15, -0.1) is 0 Å². The van der Waals surface area contributed by atoms with Crippen molar-refractivity contribution < 1.29 is 4.79 Å². The molecule has 5 heteroatoms. The van der Waals surface area contributed by atoms with Crippen molar-refractivity contribution in [3.05, 3.63) is 53.3 Å². The Morgan fingerprint density at radius 3 is 2.60 bits per heavy atom. The number of hydrogen-bond donors (Lipinski definition) is 0. The van der Waals surface area contributed by atoms with E-state index < -0.39 is 0 Å². The number of rotatable bonds is 5. The first-order chi connectivity index (χ1) is 9.61. The molecule has 1 aromatic heterocycles. The van der Waals surface area contributed by atoms with Crippen LogP contribution in [0.1, 0.15) is 21.7 Å². The fourth-order valence-corrected chi connectivity index (χ4v) is 2.56. The second-order valence-electron chi connectivity index (χ2n) is 4.70. The predicted molar refractivity (Wildman–Crippen MR) is 82.9 cm³/mol. The van der Waals surface area contributed by atoms with Gasteiger partial charge in [0.1, 0.15) is 5.69 Å². The van der Waals surface area contributed by atoms with Crippen LogP contribution in [0, 0.1) is 6.92 Å². The van der Waals surface area contributed by atoms with Crippen LogP contribution in [-0.2, 0) is 13.6 Å². The summed E-state index contributed by atoms with van der Waals surface area (Å²) in [5.41, 5.74) is 2.61. The van der Waals surface area contributed by atoms with E-state index in [0.29, 0.717) is 18.8 Å². The van der Waals surface area contributed by atoms with Gasteiger partial charge in [0.05, 0.1) is 5.69 Å². The molecule has 0 fully saturated rings. The Hall–Kier alpha value is -1.62. The summed E-state index contributed by atoms with van der Waals surface area (Å²) in [6, 6.07) is 11.8. The predicted octanol–water partition coefficient (Wildman–Crippen LogP) is 2.77. The highest BCUT2D eigenvalue weighted by atomic mass is 79.9. The third-order valence-electron chi connectivity index (χ3n) is 3.08. The lowest BCUT2D eigenvalue weighted by molar-refractivity contribution is 0.0743. The summed E-state index contributed by atoms with van der Waals surface area (Å²) in [4.78, 5) is 14.5. The van der Waals surface area contributed by atoms with Crippen molar-refractivity contribution in [3.63, 3.8) is 0 Å². The smallest absolute Gasteiger partial charge is 0.272 e. The summed E-state index contributed by atoms with van der Waals surface area (Å²) >= 11 is 3.41. The van der Waals surface area contributed by atoms with E-state index in [0.717, 1.165) is 16.6 Å². The highest BCUT2D eigenvalue weighted by Gasteiger charge is 2.19. The largest absolute Gasteiger partial charge is 0.332 e. The van der Waals surface area contributed by atoms with Gasteiger partial charge in [-0.2, -0.15) is 5.10 Å². The van der Waals surface area contributed by atoms with Crippen LogP contribution in [0.5, 0.6) is 0 Å².